The Morgan fingerprint density at radius 2 is 1.68 bits per heavy atom. The summed E-state index contributed by atoms with van der Waals surface area (Å²) in [6, 6.07) is 12.5. The molecule has 3 rings (SSSR count). The Hall–Kier alpha value is -3.68. The van der Waals surface area contributed by atoms with Gasteiger partial charge in [0.15, 0.2) is 0 Å². The molecule has 0 aliphatic rings. The van der Waals surface area contributed by atoms with Crippen molar-refractivity contribution in [3.05, 3.63) is 75.5 Å². The number of benzene rings is 2. The van der Waals surface area contributed by atoms with Gasteiger partial charge in [-0.2, -0.15) is 0 Å². The van der Waals surface area contributed by atoms with E-state index in [2.05, 4.69) is 15.8 Å². The van der Waals surface area contributed by atoms with Gasteiger partial charge in [0, 0.05) is 28.6 Å². The summed E-state index contributed by atoms with van der Waals surface area (Å²) in [4.78, 5) is 37.1. The number of nitro groups is 1. The summed E-state index contributed by atoms with van der Waals surface area (Å²) in [7, 11) is 0. The zero-order chi connectivity index (χ0) is 18.0. The second-order valence-corrected chi connectivity index (χ2v) is 5.49. The molecule has 0 spiro atoms. The highest BCUT2D eigenvalue weighted by atomic mass is 16.6. The van der Waals surface area contributed by atoms with Crippen LogP contribution in [-0.2, 0) is 0 Å². The highest BCUT2D eigenvalue weighted by molar-refractivity contribution is 6.00. The molecule has 8 nitrogen and oxygen atoms in total. The molecule has 126 valence electrons. The number of carbonyl (C=O) groups is 2. The van der Waals surface area contributed by atoms with Gasteiger partial charge in [-0.25, -0.2) is 0 Å². The molecule has 0 saturated carbocycles. The van der Waals surface area contributed by atoms with Crippen molar-refractivity contribution >= 4 is 28.4 Å². The molecule has 0 bridgehead atoms. The van der Waals surface area contributed by atoms with Crippen LogP contribution in [0, 0.1) is 17.0 Å². The number of nitrogens with one attached hydrogen (secondary N) is 3. The Bertz CT molecular complexity index is 976. The van der Waals surface area contributed by atoms with Crippen molar-refractivity contribution in [3.8, 4) is 0 Å². The maximum absolute atomic E-state index is 12.1. The first-order chi connectivity index (χ1) is 11.9. The average molecular weight is 338 g/mol. The summed E-state index contributed by atoms with van der Waals surface area (Å²) in [5.41, 5.74) is 6.85. The zero-order valence-corrected chi connectivity index (χ0v) is 13.2. The lowest BCUT2D eigenvalue weighted by atomic mass is 10.2. The quantitative estimate of drug-likeness (QED) is 0.502. The monoisotopic (exact) mass is 338 g/mol. The zero-order valence-electron chi connectivity index (χ0n) is 13.2. The van der Waals surface area contributed by atoms with Crippen molar-refractivity contribution < 1.29 is 14.5 Å². The molecule has 0 atom stereocenters. The Labute approximate surface area is 142 Å². The number of fused-ring (bicyclic) bond motifs is 1. The average Bonchev–Trinajstić information content (AvgIpc) is 3.02. The van der Waals surface area contributed by atoms with Gasteiger partial charge in [-0.05, 0) is 36.8 Å². The number of hydrazine groups is 1. The minimum absolute atomic E-state index is 0.117. The first-order valence-corrected chi connectivity index (χ1v) is 7.38. The molecule has 8 heteroatoms. The van der Waals surface area contributed by atoms with Gasteiger partial charge in [0.2, 0.25) is 0 Å². The number of nitrogens with zero attached hydrogens (tertiary/aromatic N) is 1. The van der Waals surface area contributed by atoms with Crippen LogP contribution in [0.2, 0.25) is 0 Å². The fourth-order valence-corrected chi connectivity index (χ4v) is 2.35. The van der Waals surface area contributed by atoms with Gasteiger partial charge in [0.05, 0.1) is 4.92 Å². The molecule has 3 aromatic rings. The standard InChI is InChI=1S/C17H14N4O4/c1-10-2-3-12-9-15(18-14(12)8-10)17(23)20-19-16(22)11-4-6-13(7-5-11)21(24)25/h2-9,18H,1H3,(H,19,22)(H,20,23). The lowest BCUT2D eigenvalue weighted by Gasteiger charge is -2.06. The Morgan fingerprint density at radius 1 is 1.00 bits per heavy atom. The van der Waals surface area contributed by atoms with Gasteiger partial charge in [0.1, 0.15) is 5.69 Å². The van der Waals surface area contributed by atoms with E-state index in [0.717, 1.165) is 16.5 Å². The second kappa shape index (κ2) is 6.44. The molecule has 0 aliphatic heterocycles. The van der Waals surface area contributed by atoms with E-state index >= 15 is 0 Å². The molecule has 0 fully saturated rings. The topological polar surface area (TPSA) is 117 Å². The fraction of sp³-hybridized carbons (Fsp3) is 0.0588. The summed E-state index contributed by atoms with van der Waals surface area (Å²) in [6.45, 7) is 1.95. The molecular weight excluding hydrogens is 324 g/mol. The lowest BCUT2D eigenvalue weighted by Crippen LogP contribution is -2.41. The molecule has 0 radical (unpaired) electrons. The predicted molar refractivity (Wildman–Crippen MR) is 91.1 cm³/mol. The Morgan fingerprint density at radius 3 is 2.36 bits per heavy atom. The second-order valence-electron chi connectivity index (χ2n) is 5.49. The molecule has 3 N–H and O–H groups in total. The van der Waals surface area contributed by atoms with E-state index in [-0.39, 0.29) is 11.3 Å². The van der Waals surface area contributed by atoms with Crippen molar-refractivity contribution in [1.29, 1.82) is 0 Å². The van der Waals surface area contributed by atoms with E-state index in [0.29, 0.717) is 5.69 Å². The largest absolute Gasteiger partial charge is 0.350 e. The van der Waals surface area contributed by atoms with Crippen molar-refractivity contribution in [2.24, 2.45) is 0 Å². The van der Waals surface area contributed by atoms with Crippen LogP contribution in [0.1, 0.15) is 26.4 Å². The van der Waals surface area contributed by atoms with Crippen molar-refractivity contribution in [2.75, 3.05) is 0 Å². The van der Waals surface area contributed by atoms with Crippen LogP contribution in [0.5, 0.6) is 0 Å². The molecule has 25 heavy (non-hydrogen) atoms. The van der Waals surface area contributed by atoms with E-state index in [9.17, 15) is 19.7 Å². The number of amides is 2. The number of hydrogen-bond acceptors (Lipinski definition) is 4. The number of hydrogen-bond donors (Lipinski definition) is 3. The summed E-state index contributed by atoms with van der Waals surface area (Å²) in [5, 5.41) is 11.5. The summed E-state index contributed by atoms with van der Waals surface area (Å²) < 4.78 is 0. The number of nitro benzene ring substituents is 1. The van der Waals surface area contributed by atoms with Crippen LogP contribution >= 0.6 is 0 Å². The van der Waals surface area contributed by atoms with Crippen LogP contribution in [0.25, 0.3) is 10.9 Å². The number of aromatic amines is 1. The number of carbonyl (C=O) groups excluding carboxylic acids is 2. The number of non-ortho nitro benzene ring substituents is 1. The SMILES string of the molecule is Cc1ccc2cc(C(=O)NNC(=O)c3ccc([N+](=O)[O-])cc3)[nH]c2c1. The summed E-state index contributed by atoms with van der Waals surface area (Å²) in [6.07, 6.45) is 0. The molecule has 2 amide bonds. The number of rotatable bonds is 3. The predicted octanol–water partition coefficient (Wildman–Crippen LogP) is 2.46. The third-order valence-corrected chi connectivity index (χ3v) is 3.65. The number of aryl methyl sites for hydroxylation is 1. The van der Waals surface area contributed by atoms with Crippen molar-refractivity contribution in [2.45, 2.75) is 6.92 Å². The molecule has 1 heterocycles. The van der Waals surface area contributed by atoms with E-state index in [1.54, 1.807) is 6.07 Å². The minimum atomic E-state index is -0.574. The first-order valence-electron chi connectivity index (χ1n) is 7.38. The van der Waals surface area contributed by atoms with Crippen LogP contribution in [0.4, 0.5) is 5.69 Å². The molecule has 0 aliphatic carbocycles. The van der Waals surface area contributed by atoms with E-state index < -0.39 is 16.7 Å². The van der Waals surface area contributed by atoms with Crippen molar-refractivity contribution in [1.82, 2.24) is 15.8 Å². The molecule has 0 unspecified atom stereocenters. The van der Waals surface area contributed by atoms with Crippen LogP contribution < -0.4 is 10.9 Å². The van der Waals surface area contributed by atoms with Gasteiger partial charge in [-0.3, -0.25) is 30.6 Å². The van der Waals surface area contributed by atoms with Gasteiger partial charge in [0.25, 0.3) is 17.5 Å². The molecular formula is C17H14N4O4. The summed E-state index contributed by atoms with van der Waals surface area (Å²) in [5.74, 6) is -1.07. The number of H-pyrrole nitrogens is 1. The minimum Gasteiger partial charge on any atom is -0.350 e. The molecule has 0 saturated heterocycles. The maximum atomic E-state index is 12.1. The smallest absolute Gasteiger partial charge is 0.286 e. The summed E-state index contributed by atoms with van der Waals surface area (Å²) >= 11 is 0. The third kappa shape index (κ3) is 3.47. The molecule has 2 aromatic carbocycles. The highest BCUT2D eigenvalue weighted by Crippen LogP contribution is 2.16. The van der Waals surface area contributed by atoms with Crippen molar-refractivity contribution in [3.63, 3.8) is 0 Å². The van der Waals surface area contributed by atoms with E-state index in [1.165, 1.54) is 24.3 Å². The number of aromatic nitrogens is 1. The maximum Gasteiger partial charge on any atom is 0.286 e. The first kappa shape index (κ1) is 16.2. The van der Waals surface area contributed by atoms with Crippen LogP contribution in [0.3, 0.4) is 0 Å². The lowest BCUT2D eigenvalue weighted by molar-refractivity contribution is -0.384. The Kier molecular flexibility index (Phi) is 4.17. The third-order valence-electron chi connectivity index (χ3n) is 3.65. The fourth-order valence-electron chi connectivity index (χ4n) is 2.35. The van der Waals surface area contributed by atoms with E-state index in [4.69, 9.17) is 0 Å². The van der Waals surface area contributed by atoms with Gasteiger partial charge in [-0.1, -0.05) is 12.1 Å². The van der Waals surface area contributed by atoms with Gasteiger partial charge >= 0.3 is 0 Å². The van der Waals surface area contributed by atoms with Gasteiger partial charge < -0.3 is 4.98 Å². The van der Waals surface area contributed by atoms with E-state index in [1.807, 2.05) is 25.1 Å². The molecule has 1 aromatic heterocycles. The highest BCUT2D eigenvalue weighted by Gasteiger charge is 2.13. The Balaban J connectivity index is 1.66. The van der Waals surface area contributed by atoms with Gasteiger partial charge in [-0.15, -0.1) is 0 Å². The van der Waals surface area contributed by atoms with Crippen LogP contribution in [0.15, 0.2) is 48.5 Å². The normalized spacial score (nSPS) is 10.4. The van der Waals surface area contributed by atoms with Crippen LogP contribution in [-0.4, -0.2) is 21.7 Å².